The molecular weight excluding hydrogens is 372 g/mol. The average molecular weight is 401 g/mol. The van der Waals surface area contributed by atoms with Crippen LogP contribution in [0.2, 0.25) is 0 Å². The Balaban J connectivity index is 0.00000676. The van der Waals surface area contributed by atoms with Gasteiger partial charge in [0.2, 0.25) is 5.91 Å². The molecule has 1 amide bonds. The second kappa shape index (κ2) is 11.6. The number of halogens is 1. The Morgan fingerprint density at radius 2 is 1.41 bits per heavy atom. The molecule has 4 N–H and O–H groups in total. The number of ether oxygens (including phenoxy) is 2. The molecule has 27 heavy (non-hydrogen) atoms. The van der Waals surface area contributed by atoms with Crippen molar-refractivity contribution in [3.05, 3.63) is 23.8 Å². The molecule has 8 heteroatoms. The third-order valence-electron chi connectivity index (χ3n) is 3.43. The van der Waals surface area contributed by atoms with Crippen LogP contribution in [0.4, 0.5) is 0 Å². The standard InChI is InChI=1S/C19H28N2O5.ClH/c1-11(2)7-17(22)25-15-6-5-13(9-14(20)19(21)24)10-16(15)26-18(23)8-12(3)4;/h5-6,10-12,14H,7-9,20H2,1-4H3,(H2,21,24);1H. The van der Waals surface area contributed by atoms with E-state index in [0.717, 1.165) is 0 Å². The molecule has 0 bridgehead atoms. The maximum absolute atomic E-state index is 12.0. The predicted molar refractivity (Wildman–Crippen MR) is 105 cm³/mol. The molecule has 152 valence electrons. The lowest BCUT2D eigenvalue weighted by molar-refractivity contribution is -0.138. The van der Waals surface area contributed by atoms with Crippen LogP contribution >= 0.6 is 12.4 Å². The lowest BCUT2D eigenvalue weighted by Gasteiger charge is -2.14. The van der Waals surface area contributed by atoms with E-state index in [2.05, 4.69) is 0 Å². The summed E-state index contributed by atoms with van der Waals surface area (Å²) in [5.74, 6) is -0.926. The van der Waals surface area contributed by atoms with E-state index in [1.54, 1.807) is 12.1 Å². The fourth-order valence-corrected chi connectivity index (χ4v) is 2.19. The van der Waals surface area contributed by atoms with E-state index in [1.807, 2.05) is 27.7 Å². The van der Waals surface area contributed by atoms with Crippen molar-refractivity contribution >= 4 is 30.3 Å². The van der Waals surface area contributed by atoms with Crippen molar-refractivity contribution in [2.75, 3.05) is 0 Å². The van der Waals surface area contributed by atoms with Crippen LogP contribution in [0.1, 0.15) is 46.1 Å². The monoisotopic (exact) mass is 400 g/mol. The van der Waals surface area contributed by atoms with E-state index >= 15 is 0 Å². The van der Waals surface area contributed by atoms with E-state index in [9.17, 15) is 14.4 Å². The molecule has 0 aliphatic heterocycles. The molecular formula is C19H29ClN2O5. The van der Waals surface area contributed by atoms with Gasteiger partial charge in [-0.3, -0.25) is 14.4 Å². The topological polar surface area (TPSA) is 122 Å². The highest BCUT2D eigenvalue weighted by molar-refractivity contribution is 5.85. The Kier molecular flexibility index (Phi) is 10.7. The van der Waals surface area contributed by atoms with Gasteiger partial charge in [0.25, 0.3) is 0 Å². The second-order valence-corrected chi connectivity index (χ2v) is 7.14. The number of rotatable bonds is 9. The molecule has 0 fully saturated rings. The van der Waals surface area contributed by atoms with Gasteiger partial charge in [0.1, 0.15) is 0 Å². The summed E-state index contributed by atoms with van der Waals surface area (Å²) in [6.45, 7) is 7.60. The molecule has 1 unspecified atom stereocenters. The normalized spacial score (nSPS) is 11.7. The van der Waals surface area contributed by atoms with Crippen molar-refractivity contribution in [3.8, 4) is 11.5 Å². The highest BCUT2D eigenvalue weighted by atomic mass is 35.5. The predicted octanol–water partition coefficient (Wildman–Crippen LogP) is 2.37. The summed E-state index contributed by atoms with van der Waals surface area (Å²) >= 11 is 0. The van der Waals surface area contributed by atoms with Crippen molar-refractivity contribution in [1.29, 1.82) is 0 Å². The molecule has 0 radical (unpaired) electrons. The largest absolute Gasteiger partial charge is 0.423 e. The van der Waals surface area contributed by atoms with Crippen molar-refractivity contribution in [3.63, 3.8) is 0 Å². The highest BCUT2D eigenvalue weighted by Gasteiger charge is 2.18. The summed E-state index contributed by atoms with van der Waals surface area (Å²) in [5, 5.41) is 0. The van der Waals surface area contributed by atoms with Gasteiger partial charge in [0.15, 0.2) is 11.5 Å². The third-order valence-corrected chi connectivity index (χ3v) is 3.43. The first-order valence-corrected chi connectivity index (χ1v) is 8.67. The van der Waals surface area contributed by atoms with E-state index in [0.29, 0.717) is 5.56 Å². The summed E-state index contributed by atoms with van der Waals surface area (Å²) < 4.78 is 10.7. The van der Waals surface area contributed by atoms with Gasteiger partial charge in [0, 0.05) is 12.8 Å². The first kappa shape index (κ1) is 24.9. The Labute approximate surface area is 166 Å². The fourth-order valence-electron chi connectivity index (χ4n) is 2.19. The molecule has 0 saturated carbocycles. The number of primary amides is 1. The summed E-state index contributed by atoms with van der Waals surface area (Å²) in [6, 6.07) is 3.86. The lowest BCUT2D eigenvalue weighted by atomic mass is 10.1. The Bertz CT molecular complexity index is 662. The van der Waals surface area contributed by atoms with Crippen LogP contribution in [0.5, 0.6) is 11.5 Å². The highest BCUT2D eigenvalue weighted by Crippen LogP contribution is 2.30. The van der Waals surface area contributed by atoms with Gasteiger partial charge >= 0.3 is 11.9 Å². The van der Waals surface area contributed by atoms with Crippen LogP contribution in [-0.2, 0) is 20.8 Å². The first-order valence-electron chi connectivity index (χ1n) is 8.67. The summed E-state index contributed by atoms with van der Waals surface area (Å²) in [7, 11) is 0. The Morgan fingerprint density at radius 3 is 1.85 bits per heavy atom. The van der Waals surface area contributed by atoms with Gasteiger partial charge in [-0.05, 0) is 36.0 Å². The molecule has 1 aromatic rings. The van der Waals surface area contributed by atoms with Crippen LogP contribution in [0.15, 0.2) is 18.2 Å². The van der Waals surface area contributed by atoms with Gasteiger partial charge in [0.05, 0.1) is 6.04 Å². The van der Waals surface area contributed by atoms with Crippen molar-refractivity contribution < 1.29 is 23.9 Å². The minimum absolute atomic E-state index is 0. The molecule has 1 rings (SSSR count). The molecule has 0 aromatic heterocycles. The zero-order chi connectivity index (χ0) is 19.9. The molecule has 1 atom stereocenters. The third kappa shape index (κ3) is 9.40. The number of carbonyl (C=O) groups is 3. The summed E-state index contributed by atoms with van der Waals surface area (Å²) in [5.41, 5.74) is 11.5. The van der Waals surface area contributed by atoms with Gasteiger partial charge in [-0.1, -0.05) is 33.8 Å². The Morgan fingerprint density at radius 1 is 0.926 bits per heavy atom. The van der Waals surface area contributed by atoms with Gasteiger partial charge < -0.3 is 20.9 Å². The van der Waals surface area contributed by atoms with Crippen LogP contribution < -0.4 is 20.9 Å². The van der Waals surface area contributed by atoms with Crippen LogP contribution in [0, 0.1) is 11.8 Å². The number of nitrogens with two attached hydrogens (primary N) is 2. The molecule has 0 aliphatic carbocycles. The number of benzene rings is 1. The molecule has 0 heterocycles. The van der Waals surface area contributed by atoms with E-state index in [-0.39, 0.29) is 55.0 Å². The average Bonchev–Trinajstić information content (AvgIpc) is 2.47. The second-order valence-electron chi connectivity index (χ2n) is 7.14. The molecule has 0 spiro atoms. The smallest absolute Gasteiger partial charge is 0.311 e. The van der Waals surface area contributed by atoms with Crippen molar-refractivity contribution in [2.24, 2.45) is 23.3 Å². The number of amides is 1. The van der Waals surface area contributed by atoms with E-state index < -0.39 is 23.9 Å². The van der Waals surface area contributed by atoms with E-state index in [4.69, 9.17) is 20.9 Å². The van der Waals surface area contributed by atoms with Gasteiger partial charge in [-0.15, -0.1) is 12.4 Å². The quantitative estimate of drug-likeness (QED) is 0.484. The summed E-state index contributed by atoms with van der Waals surface area (Å²) in [4.78, 5) is 35.1. The van der Waals surface area contributed by atoms with Crippen LogP contribution in [0.25, 0.3) is 0 Å². The molecule has 1 aromatic carbocycles. The number of esters is 2. The maximum Gasteiger partial charge on any atom is 0.311 e. The minimum atomic E-state index is -0.858. The number of hydrogen-bond donors (Lipinski definition) is 2. The van der Waals surface area contributed by atoms with Gasteiger partial charge in [-0.2, -0.15) is 0 Å². The molecule has 0 saturated heterocycles. The summed E-state index contributed by atoms with van der Waals surface area (Å²) in [6.07, 6.45) is 0.655. The fraction of sp³-hybridized carbons (Fsp3) is 0.526. The number of carbonyl (C=O) groups excluding carboxylic acids is 3. The zero-order valence-corrected chi connectivity index (χ0v) is 17.0. The van der Waals surface area contributed by atoms with Crippen LogP contribution in [-0.4, -0.2) is 23.9 Å². The molecule has 7 nitrogen and oxygen atoms in total. The SMILES string of the molecule is CC(C)CC(=O)Oc1ccc(CC(N)C(N)=O)cc1OC(=O)CC(C)C.Cl. The van der Waals surface area contributed by atoms with Gasteiger partial charge in [-0.25, -0.2) is 0 Å². The number of hydrogen-bond acceptors (Lipinski definition) is 6. The maximum atomic E-state index is 12.0. The van der Waals surface area contributed by atoms with Crippen LogP contribution in [0.3, 0.4) is 0 Å². The van der Waals surface area contributed by atoms with Crippen molar-refractivity contribution in [2.45, 2.75) is 53.0 Å². The minimum Gasteiger partial charge on any atom is -0.423 e. The zero-order valence-electron chi connectivity index (χ0n) is 16.2. The first-order chi connectivity index (χ1) is 12.1. The van der Waals surface area contributed by atoms with Crippen molar-refractivity contribution in [1.82, 2.24) is 0 Å². The van der Waals surface area contributed by atoms with E-state index in [1.165, 1.54) is 6.07 Å². The molecule has 0 aliphatic rings. The Hall–Kier alpha value is -2.12. The lowest BCUT2D eigenvalue weighted by Crippen LogP contribution is -2.38.